The molecule has 2 aliphatic carbocycles. The van der Waals surface area contributed by atoms with Crippen LogP contribution in [0.4, 0.5) is 0 Å². The first-order valence-corrected chi connectivity index (χ1v) is 10.4. The van der Waals surface area contributed by atoms with Crippen LogP contribution in [0, 0.1) is 11.8 Å². The van der Waals surface area contributed by atoms with Crippen molar-refractivity contribution in [2.45, 2.75) is 43.9 Å². The molecule has 1 atom stereocenters. The third-order valence-electron chi connectivity index (χ3n) is 6.32. The van der Waals surface area contributed by atoms with Crippen molar-refractivity contribution in [2.75, 3.05) is 19.6 Å². The number of carbonyl (C=O) groups is 2. The van der Waals surface area contributed by atoms with Crippen molar-refractivity contribution in [3.8, 4) is 0 Å². The second-order valence-electron chi connectivity index (χ2n) is 8.23. The van der Waals surface area contributed by atoms with E-state index in [1.165, 1.54) is 0 Å². The molecule has 1 aromatic rings. The van der Waals surface area contributed by atoms with E-state index in [9.17, 15) is 9.59 Å². The van der Waals surface area contributed by atoms with Crippen molar-refractivity contribution >= 4 is 23.4 Å². The lowest BCUT2D eigenvalue weighted by Gasteiger charge is -2.34. The molecule has 0 unspecified atom stereocenters. The van der Waals surface area contributed by atoms with E-state index in [0.717, 1.165) is 57.2 Å². The summed E-state index contributed by atoms with van der Waals surface area (Å²) in [4.78, 5) is 27.5. The minimum atomic E-state index is -0.371. The number of likely N-dealkylation sites (tertiary alicyclic amines) is 1. The number of piperidine rings is 1. The van der Waals surface area contributed by atoms with Gasteiger partial charge in [0.05, 0.1) is 5.41 Å². The molecule has 4 rings (SSSR count). The number of benzene rings is 1. The van der Waals surface area contributed by atoms with Crippen molar-refractivity contribution in [1.82, 2.24) is 10.2 Å². The van der Waals surface area contributed by atoms with Gasteiger partial charge in [-0.3, -0.25) is 9.59 Å². The largest absolute Gasteiger partial charge is 0.355 e. The Hall–Kier alpha value is -1.81. The maximum Gasteiger partial charge on any atom is 0.230 e. The number of halogens is 1. The SMILES string of the molecule is O=C(C1CC=CC1)N1CCC[C@H](CNC(=O)C2(c3ccc(Cl)cc3)CC2)C1. The summed E-state index contributed by atoms with van der Waals surface area (Å²) in [6.45, 7) is 2.28. The summed E-state index contributed by atoms with van der Waals surface area (Å²) >= 11 is 5.97. The highest BCUT2D eigenvalue weighted by Crippen LogP contribution is 2.48. The molecule has 0 spiro atoms. The number of rotatable bonds is 5. The van der Waals surface area contributed by atoms with Crippen LogP contribution in [0.25, 0.3) is 0 Å². The van der Waals surface area contributed by atoms with Gasteiger partial charge in [-0.1, -0.05) is 35.9 Å². The van der Waals surface area contributed by atoms with Crippen molar-refractivity contribution in [1.29, 1.82) is 0 Å². The topological polar surface area (TPSA) is 49.4 Å². The van der Waals surface area contributed by atoms with E-state index in [1.54, 1.807) is 0 Å². The molecule has 0 aromatic heterocycles. The van der Waals surface area contributed by atoms with E-state index >= 15 is 0 Å². The summed E-state index contributed by atoms with van der Waals surface area (Å²) in [5, 5.41) is 3.87. The van der Waals surface area contributed by atoms with Crippen LogP contribution >= 0.6 is 11.6 Å². The monoisotopic (exact) mass is 386 g/mol. The molecule has 1 saturated carbocycles. The quantitative estimate of drug-likeness (QED) is 0.784. The maximum atomic E-state index is 12.8. The van der Waals surface area contributed by atoms with Crippen molar-refractivity contribution < 1.29 is 9.59 Å². The summed E-state index contributed by atoms with van der Waals surface area (Å²) in [6, 6.07) is 7.64. The zero-order valence-electron chi connectivity index (χ0n) is 15.6. The number of hydrogen-bond donors (Lipinski definition) is 1. The number of carbonyl (C=O) groups excluding carboxylic acids is 2. The van der Waals surface area contributed by atoms with Crippen molar-refractivity contribution in [3.05, 3.63) is 47.0 Å². The lowest BCUT2D eigenvalue weighted by Crippen LogP contribution is -2.46. The minimum absolute atomic E-state index is 0.119. The third-order valence-corrected chi connectivity index (χ3v) is 6.57. The van der Waals surface area contributed by atoms with E-state index in [1.807, 2.05) is 29.2 Å². The van der Waals surface area contributed by atoms with Crippen LogP contribution in [0.2, 0.25) is 5.02 Å². The Kier molecular flexibility index (Phi) is 5.27. The molecule has 3 aliphatic rings. The molecular formula is C22H27ClN2O2. The van der Waals surface area contributed by atoms with Gasteiger partial charge in [-0.2, -0.15) is 0 Å². The number of allylic oxidation sites excluding steroid dienone is 2. The second kappa shape index (κ2) is 7.67. The van der Waals surface area contributed by atoms with Gasteiger partial charge in [0.2, 0.25) is 11.8 Å². The Bertz CT molecular complexity index is 731. The standard InChI is InChI=1S/C22H27ClN2O2/c23-19-9-7-18(8-10-19)22(11-12-22)21(27)24-14-16-4-3-13-25(15-16)20(26)17-5-1-2-6-17/h1-2,7-10,16-17H,3-6,11-15H2,(H,24,27)/t16-/m1/s1. The first-order chi connectivity index (χ1) is 13.1. The zero-order chi connectivity index (χ0) is 18.9. The average molecular weight is 387 g/mol. The fraction of sp³-hybridized carbons (Fsp3) is 0.545. The van der Waals surface area contributed by atoms with Gasteiger partial charge < -0.3 is 10.2 Å². The Balaban J connectivity index is 1.31. The summed E-state index contributed by atoms with van der Waals surface area (Å²) in [6.07, 6.45) is 9.84. The van der Waals surface area contributed by atoms with Gasteiger partial charge in [-0.25, -0.2) is 0 Å². The molecule has 0 radical (unpaired) electrons. The van der Waals surface area contributed by atoms with E-state index in [4.69, 9.17) is 11.6 Å². The predicted molar refractivity (Wildman–Crippen MR) is 107 cm³/mol. The molecule has 4 nitrogen and oxygen atoms in total. The molecule has 1 aromatic carbocycles. The van der Waals surface area contributed by atoms with Crippen LogP contribution in [0.5, 0.6) is 0 Å². The van der Waals surface area contributed by atoms with Gasteiger partial charge in [0.15, 0.2) is 0 Å². The fourth-order valence-electron chi connectivity index (χ4n) is 4.46. The normalized spacial score (nSPS) is 24.0. The molecular weight excluding hydrogens is 360 g/mol. The molecule has 0 bridgehead atoms. The number of nitrogens with one attached hydrogen (secondary N) is 1. The average Bonchev–Trinajstić information content (AvgIpc) is 3.32. The molecule has 1 heterocycles. The first kappa shape index (κ1) is 18.5. The van der Waals surface area contributed by atoms with E-state index in [2.05, 4.69) is 17.5 Å². The Labute approximate surface area is 165 Å². The second-order valence-corrected chi connectivity index (χ2v) is 8.67. The fourth-order valence-corrected chi connectivity index (χ4v) is 4.58. The minimum Gasteiger partial charge on any atom is -0.355 e. The number of amides is 2. The maximum absolute atomic E-state index is 12.8. The van der Waals surface area contributed by atoms with Crippen LogP contribution in [-0.4, -0.2) is 36.3 Å². The molecule has 1 N–H and O–H groups in total. The van der Waals surface area contributed by atoms with E-state index < -0.39 is 0 Å². The van der Waals surface area contributed by atoms with Crippen molar-refractivity contribution in [3.63, 3.8) is 0 Å². The molecule has 1 saturated heterocycles. The van der Waals surface area contributed by atoms with E-state index in [-0.39, 0.29) is 23.1 Å². The Morgan fingerprint density at radius 1 is 1.15 bits per heavy atom. The Morgan fingerprint density at radius 2 is 1.85 bits per heavy atom. The molecule has 27 heavy (non-hydrogen) atoms. The Morgan fingerprint density at radius 3 is 2.52 bits per heavy atom. The van der Waals surface area contributed by atoms with Gasteiger partial charge in [-0.15, -0.1) is 0 Å². The summed E-state index contributed by atoms with van der Waals surface area (Å²) < 4.78 is 0. The lowest BCUT2D eigenvalue weighted by molar-refractivity contribution is -0.137. The summed E-state index contributed by atoms with van der Waals surface area (Å²) in [5.41, 5.74) is 0.683. The van der Waals surface area contributed by atoms with Gasteiger partial charge in [0.25, 0.3) is 0 Å². The highest BCUT2D eigenvalue weighted by atomic mass is 35.5. The van der Waals surface area contributed by atoms with Gasteiger partial charge >= 0.3 is 0 Å². The molecule has 2 amide bonds. The predicted octanol–water partition coefficient (Wildman–Crippen LogP) is 3.69. The van der Waals surface area contributed by atoms with Gasteiger partial charge in [0, 0.05) is 30.6 Å². The highest BCUT2D eigenvalue weighted by molar-refractivity contribution is 6.30. The highest BCUT2D eigenvalue weighted by Gasteiger charge is 2.51. The lowest BCUT2D eigenvalue weighted by atomic mass is 9.93. The van der Waals surface area contributed by atoms with Crippen LogP contribution in [0.3, 0.4) is 0 Å². The first-order valence-electron chi connectivity index (χ1n) is 10.1. The number of nitrogens with zero attached hydrogens (tertiary/aromatic N) is 1. The van der Waals surface area contributed by atoms with E-state index in [0.29, 0.717) is 17.5 Å². The van der Waals surface area contributed by atoms with Crippen LogP contribution < -0.4 is 5.32 Å². The molecule has 5 heteroatoms. The summed E-state index contributed by atoms with van der Waals surface area (Å²) in [5.74, 6) is 0.893. The van der Waals surface area contributed by atoms with Crippen LogP contribution in [0.15, 0.2) is 36.4 Å². The third kappa shape index (κ3) is 3.91. The molecule has 2 fully saturated rings. The van der Waals surface area contributed by atoms with Crippen LogP contribution in [0.1, 0.15) is 44.1 Å². The van der Waals surface area contributed by atoms with Crippen molar-refractivity contribution in [2.24, 2.45) is 11.8 Å². The van der Waals surface area contributed by atoms with Crippen LogP contribution in [-0.2, 0) is 15.0 Å². The smallest absolute Gasteiger partial charge is 0.230 e. The molecule has 1 aliphatic heterocycles. The summed E-state index contributed by atoms with van der Waals surface area (Å²) in [7, 11) is 0. The zero-order valence-corrected chi connectivity index (χ0v) is 16.4. The van der Waals surface area contributed by atoms with Gasteiger partial charge in [0.1, 0.15) is 0 Å². The molecule has 144 valence electrons. The van der Waals surface area contributed by atoms with Gasteiger partial charge in [-0.05, 0) is 62.1 Å². The number of hydrogen-bond acceptors (Lipinski definition) is 2.